The Labute approximate surface area is 94.5 Å². The van der Waals surface area contributed by atoms with Crippen molar-refractivity contribution in [2.45, 2.75) is 6.42 Å². The fourth-order valence-corrected chi connectivity index (χ4v) is 2.14. The Hall–Kier alpha value is -1.96. The smallest absolute Gasteiger partial charge is 0.116 e. The van der Waals surface area contributed by atoms with Gasteiger partial charge in [-0.25, -0.2) is 0 Å². The third kappa shape index (κ3) is 1.34. The lowest BCUT2D eigenvalue weighted by Gasteiger charge is -2.00. The second-order valence-corrected chi connectivity index (χ2v) is 3.89. The van der Waals surface area contributed by atoms with E-state index < -0.39 is 0 Å². The first-order chi connectivity index (χ1) is 7.88. The van der Waals surface area contributed by atoms with Crippen LogP contribution in [0.15, 0.2) is 48.2 Å². The molecule has 2 aromatic rings. The highest BCUT2D eigenvalue weighted by Gasteiger charge is 2.08. The highest BCUT2D eigenvalue weighted by atomic mass is 16.5. The Morgan fingerprint density at radius 3 is 3.00 bits per heavy atom. The van der Waals surface area contributed by atoms with Crippen LogP contribution in [0, 0.1) is 0 Å². The number of nitrogens with zero attached hydrogens (tertiary/aromatic N) is 1. The van der Waals surface area contributed by atoms with Crippen molar-refractivity contribution in [2.24, 2.45) is 0 Å². The highest BCUT2D eigenvalue weighted by Crippen LogP contribution is 2.23. The number of methoxy groups -OCH3 is 1. The van der Waals surface area contributed by atoms with Crippen LogP contribution in [-0.4, -0.2) is 11.7 Å². The van der Waals surface area contributed by atoms with Crippen LogP contribution in [0.2, 0.25) is 0 Å². The van der Waals surface area contributed by atoms with Gasteiger partial charge < -0.3 is 9.30 Å². The van der Waals surface area contributed by atoms with Crippen LogP contribution in [0.4, 0.5) is 0 Å². The van der Waals surface area contributed by atoms with E-state index in [9.17, 15) is 0 Å². The van der Waals surface area contributed by atoms with Crippen molar-refractivity contribution in [3.63, 3.8) is 0 Å². The molecule has 0 N–H and O–H groups in total. The molecule has 0 unspecified atom stereocenters. The summed E-state index contributed by atoms with van der Waals surface area (Å²) in [7, 11) is 1.70. The van der Waals surface area contributed by atoms with Gasteiger partial charge in [-0.05, 0) is 24.3 Å². The van der Waals surface area contributed by atoms with Crippen molar-refractivity contribution in [2.75, 3.05) is 7.11 Å². The van der Waals surface area contributed by atoms with Gasteiger partial charge in [0.1, 0.15) is 5.76 Å². The fraction of sp³-hybridized carbons (Fsp3) is 0.143. The van der Waals surface area contributed by atoms with Crippen molar-refractivity contribution in [1.82, 2.24) is 4.57 Å². The molecule has 1 aromatic heterocycles. The molecule has 0 radical (unpaired) electrons. The van der Waals surface area contributed by atoms with Gasteiger partial charge in [-0.1, -0.05) is 18.2 Å². The van der Waals surface area contributed by atoms with Crippen molar-refractivity contribution in [3.8, 4) is 0 Å². The summed E-state index contributed by atoms with van der Waals surface area (Å²) >= 11 is 0. The molecular formula is C14H13NO. The van der Waals surface area contributed by atoms with E-state index in [1.54, 1.807) is 7.11 Å². The number of rotatable bonds is 1. The number of hydrogen-bond donors (Lipinski definition) is 0. The standard InChI is InChI=1S/C14H13NO/c1-16-13-7-6-12-10-11-4-2-3-5-14(11)15(12)9-8-13/h2-5,7-10H,6H2,1H3. The summed E-state index contributed by atoms with van der Waals surface area (Å²) in [5, 5.41) is 1.29. The molecule has 3 rings (SSSR count). The molecule has 0 atom stereocenters. The maximum absolute atomic E-state index is 5.24. The third-order valence-electron chi connectivity index (χ3n) is 2.96. The molecule has 0 saturated carbocycles. The molecule has 2 heterocycles. The quantitative estimate of drug-likeness (QED) is 0.706. The van der Waals surface area contributed by atoms with Gasteiger partial charge in [-0.15, -0.1) is 0 Å². The summed E-state index contributed by atoms with van der Waals surface area (Å²) in [6.07, 6.45) is 7.09. The van der Waals surface area contributed by atoms with Gasteiger partial charge >= 0.3 is 0 Å². The minimum absolute atomic E-state index is 0.908. The van der Waals surface area contributed by atoms with Gasteiger partial charge in [0.05, 0.1) is 12.6 Å². The van der Waals surface area contributed by atoms with Gasteiger partial charge in [0.15, 0.2) is 0 Å². The Bertz CT molecular complexity index is 590. The van der Waals surface area contributed by atoms with Crippen LogP contribution in [0.25, 0.3) is 17.1 Å². The molecule has 1 aliphatic heterocycles. The molecule has 1 aliphatic rings. The molecule has 0 saturated heterocycles. The number of allylic oxidation sites excluding steroid dienone is 2. The Kier molecular flexibility index (Phi) is 2.07. The van der Waals surface area contributed by atoms with Crippen molar-refractivity contribution in [1.29, 1.82) is 0 Å². The number of ether oxygens (including phenoxy) is 1. The SMILES string of the molecule is COC1=CCc2cc3ccccc3n2C=C1. The zero-order valence-corrected chi connectivity index (χ0v) is 9.18. The predicted octanol–water partition coefficient (Wildman–Crippen LogP) is 3.20. The topological polar surface area (TPSA) is 14.2 Å². The van der Waals surface area contributed by atoms with Crippen LogP contribution in [0.5, 0.6) is 0 Å². The molecular weight excluding hydrogens is 198 g/mol. The number of aromatic nitrogens is 1. The van der Waals surface area contributed by atoms with Gasteiger partial charge in [0, 0.05) is 23.7 Å². The molecule has 16 heavy (non-hydrogen) atoms. The highest BCUT2D eigenvalue weighted by molar-refractivity contribution is 5.83. The van der Waals surface area contributed by atoms with Crippen LogP contribution in [0.3, 0.4) is 0 Å². The molecule has 0 aliphatic carbocycles. The molecule has 0 fully saturated rings. The zero-order chi connectivity index (χ0) is 11.0. The summed E-state index contributed by atoms with van der Waals surface area (Å²) in [6.45, 7) is 0. The summed E-state index contributed by atoms with van der Waals surface area (Å²) < 4.78 is 7.46. The third-order valence-corrected chi connectivity index (χ3v) is 2.96. The lowest BCUT2D eigenvalue weighted by molar-refractivity contribution is 0.306. The van der Waals surface area contributed by atoms with Gasteiger partial charge in [0.25, 0.3) is 0 Å². The first-order valence-corrected chi connectivity index (χ1v) is 5.39. The van der Waals surface area contributed by atoms with Crippen molar-refractivity contribution in [3.05, 3.63) is 53.9 Å². The minimum Gasteiger partial charge on any atom is -0.497 e. The number of hydrogen-bond acceptors (Lipinski definition) is 1. The number of benzene rings is 1. The van der Waals surface area contributed by atoms with Gasteiger partial charge in [0.2, 0.25) is 0 Å². The normalized spacial score (nSPS) is 14.4. The average Bonchev–Trinajstić information content (AvgIpc) is 2.55. The van der Waals surface area contributed by atoms with E-state index >= 15 is 0 Å². The molecule has 0 spiro atoms. The maximum Gasteiger partial charge on any atom is 0.116 e. The number of fused-ring (bicyclic) bond motifs is 3. The molecule has 0 amide bonds. The van der Waals surface area contributed by atoms with Crippen LogP contribution in [-0.2, 0) is 11.2 Å². The minimum atomic E-state index is 0.908. The Balaban J connectivity index is 2.19. The van der Waals surface area contributed by atoms with E-state index in [2.05, 4.69) is 47.2 Å². The first-order valence-electron chi connectivity index (χ1n) is 5.39. The lowest BCUT2D eigenvalue weighted by atomic mass is 10.2. The van der Waals surface area contributed by atoms with E-state index in [-0.39, 0.29) is 0 Å². The monoisotopic (exact) mass is 211 g/mol. The molecule has 2 heteroatoms. The Morgan fingerprint density at radius 2 is 2.12 bits per heavy atom. The average molecular weight is 211 g/mol. The van der Waals surface area contributed by atoms with E-state index in [0.717, 1.165) is 12.2 Å². The predicted molar refractivity (Wildman–Crippen MR) is 66.1 cm³/mol. The second kappa shape index (κ2) is 3.56. The van der Waals surface area contributed by atoms with E-state index in [1.165, 1.54) is 16.6 Å². The van der Waals surface area contributed by atoms with E-state index in [1.807, 2.05) is 6.08 Å². The van der Waals surface area contributed by atoms with Crippen LogP contribution in [0.1, 0.15) is 5.69 Å². The second-order valence-electron chi connectivity index (χ2n) is 3.89. The molecule has 80 valence electrons. The van der Waals surface area contributed by atoms with Crippen LogP contribution < -0.4 is 0 Å². The first kappa shape index (κ1) is 9.28. The van der Waals surface area contributed by atoms with Crippen molar-refractivity contribution >= 4 is 17.1 Å². The number of para-hydroxylation sites is 1. The maximum atomic E-state index is 5.24. The summed E-state index contributed by atoms with van der Waals surface area (Å²) in [5.41, 5.74) is 2.55. The molecule has 0 bridgehead atoms. The summed E-state index contributed by atoms with van der Waals surface area (Å²) in [6, 6.07) is 10.7. The molecule has 2 nitrogen and oxygen atoms in total. The zero-order valence-electron chi connectivity index (χ0n) is 9.18. The fourth-order valence-electron chi connectivity index (χ4n) is 2.14. The lowest BCUT2D eigenvalue weighted by Crippen LogP contribution is -1.90. The largest absolute Gasteiger partial charge is 0.497 e. The van der Waals surface area contributed by atoms with Gasteiger partial charge in [-0.3, -0.25) is 0 Å². The summed E-state index contributed by atoms with van der Waals surface area (Å²) in [5.74, 6) is 0.924. The van der Waals surface area contributed by atoms with E-state index in [0.29, 0.717) is 0 Å². The van der Waals surface area contributed by atoms with Crippen molar-refractivity contribution < 1.29 is 4.74 Å². The summed E-state index contributed by atoms with van der Waals surface area (Å²) in [4.78, 5) is 0. The van der Waals surface area contributed by atoms with Crippen LogP contribution >= 0.6 is 0 Å². The molecule has 1 aromatic carbocycles. The Morgan fingerprint density at radius 1 is 1.25 bits per heavy atom. The van der Waals surface area contributed by atoms with E-state index in [4.69, 9.17) is 4.74 Å². The van der Waals surface area contributed by atoms with Gasteiger partial charge in [-0.2, -0.15) is 0 Å².